The van der Waals surface area contributed by atoms with Crippen molar-refractivity contribution in [3.63, 3.8) is 0 Å². The summed E-state index contributed by atoms with van der Waals surface area (Å²) >= 11 is 0. The molecule has 2 aromatic rings. The van der Waals surface area contributed by atoms with E-state index in [1.165, 1.54) is 19.1 Å². The lowest BCUT2D eigenvalue weighted by molar-refractivity contribution is 0.122. The lowest BCUT2D eigenvalue weighted by atomic mass is 10.2. The number of benzene rings is 1. The van der Waals surface area contributed by atoms with Gasteiger partial charge in [0.15, 0.2) is 11.6 Å². The minimum atomic E-state index is -3.84. The smallest absolute Gasteiger partial charge is 0.263 e. The first-order valence-corrected chi connectivity index (χ1v) is 8.89. The molecule has 9 heteroatoms. The molecule has 0 saturated carbocycles. The monoisotopic (exact) mass is 352 g/mol. The fraction of sp³-hybridized carbons (Fsp3) is 0.333. The molecule has 0 spiro atoms. The standard InChI is InChI=1S/C15H17FN4O3S/c1-11-10-12(2-3-13(11)16)24(21,22)19-14-4-5-15(18-17-14)20-6-8-23-9-7-20/h2-5,10H,6-9H2,1H3,(H,17,19). The number of nitrogens with one attached hydrogen (secondary N) is 1. The third kappa shape index (κ3) is 3.62. The van der Waals surface area contributed by atoms with E-state index in [1.807, 2.05) is 4.90 Å². The van der Waals surface area contributed by atoms with Gasteiger partial charge in [-0.05, 0) is 42.8 Å². The normalized spacial score (nSPS) is 15.3. The third-order valence-corrected chi connectivity index (χ3v) is 5.02. The van der Waals surface area contributed by atoms with Crippen molar-refractivity contribution in [2.75, 3.05) is 35.9 Å². The van der Waals surface area contributed by atoms with Gasteiger partial charge in [-0.15, -0.1) is 10.2 Å². The molecule has 1 saturated heterocycles. The summed E-state index contributed by atoms with van der Waals surface area (Å²) in [6.45, 7) is 4.19. The van der Waals surface area contributed by atoms with Crippen LogP contribution < -0.4 is 9.62 Å². The Labute approximate surface area is 139 Å². The molecule has 1 fully saturated rings. The molecule has 1 aliphatic rings. The Morgan fingerprint density at radius 3 is 2.54 bits per heavy atom. The van der Waals surface area contributed by atoms with Gasteiger partial charge >= 0.3 is 0 Å². The molecule has 2 heterocycles. The minimum absolute atomic E-state index is 0.0274. The van der Waals surface area contributed by atoms with Crippen molar-refractivity contribution in [2.45, 2.75) is 11.8 Å². The SMILES string of the molecule is Cc1cc(S(=O)(=O)Nc2ccc(N3CCOCC3)nn2)ccc1F. The highest BCUT2D eigenvalue weighted by Crippen LogP contribution is 2.18. The number of hydrogen-bond donors (Lipinski definition) is 1. The molecule has 1 aliphatic heterocycles. The first-order valence-electron chi connectivity index (χ1n) is 7.41. The average Bonchev–Trinajstić information content (AvgIpc) is 2.58. The van der Waals surface area contributed by atoms with Crippen molar-refractivity contribution >= 4 is 21.7 Å². The van der Waals surface area contributed by atoms with E-state index in [9.17, 15) is 12.8 Å². The van der Waals surface area contributed by atoms with Gasteiger partial charge in [0.1, 0.15) is 5.82 Å². The second kappa shape index (κ2) is 6.70. The van der Waals surface area contributed by atoms with Crippen LogP contribution in [0.1, 0.15) is 5.56 Å². The van der Waals surface area contributed by atoms with Crippen LogP contribution in [0.2, 0.25) is 0 Å². The molecule has 3 rings (SSSR count). The highest BCUT2D eigenvalue weighted by molar-refractivity contribution is 7.92. The number of morpholine rings is 1. The molecule has 24 heavy (non-hydrogen) atoms. The number of hydrogen-bond acceptors (Lipinski definition) is 6. The second-order valence-electron chi connectivity index (χ2n) is 5.39. The van der Waals surface area contributed by atoms with E-state index in [4.69, 9.17) is 4.74 Å². The van der Waals surface area contributed by atoms with Crippen molar-refractivity contribution in [3.8, 4) is 0 Å². The summed E-state index contributed by atoms with van der Waals surface area (Å²) in [5.74, 6) is 0.316. The number of halogens is 1. The van der Waals surface area contributed by atoms with Gasteiger partial charge in [-0.3, -0.25) is 4.72 Å². The number of aromatic nitrogens is 2. The molecule has 0 bridgehead atoms. The van der Waals surface area contributed by atoms with E-state index in [1.54, 1.807) is 12.1 Å². The van der Waals surface area contributed by atoms with E-state index < -0.39 is 15.8 Å². The van der Waals surface area contributed by atoms with Crippen molar-refractivity contribution in [3.05, 3.63) is 41.7 Å². The Morgan fingerprint density at radius 1 is 1.17 bits per heavy atom. The first kappa shape index (κ1) is 16.6. The summed E-state index contributed by atoms with van der Waals surface area (Å²) in [4.78, 5) is 1.98. The van der Waals surface area contributed by atoms with Gasteiger partial charge in [0.25, 0.3) is 10.0 Å². The zero-order valence-corrected chi connectivity index (χ0v) is 13.9. The van der Waals surface area contributed by atoms with Crippen LogP contribution in [0.4, 0.5) is 16.0 Å². The maximum atomic E-state index is 13.3. The van der Waals surface area contributed by atoms with Crippen molar-refractivity contribution in [2.24, 2.45) is 0 Å². The van der Waals surface area contributed by atoms with Crippen LogP contribution >= 0.6 is 0 Å². The number of nitrogens with zero attached hydrogens (tertiary/aromatic N) is 3. The van der Waals surface area contributed by atoms with Crippen LogP contribution in [-0.4, -0.2) is 44.9 Å². The van der Waals surface area contributed by atoms with Gasteiger partial charge in [0.2, 0.25) is 0 Å². The van der Waals surface area contributed by atoms with E-state index in [0.717, 1.165) is 6.07 Å². The molecule has 0 unspecified atom stereocenters. The number of aryl methyl sites for hydroxylation is 1. The van der Waals surface area contributed by atoms with Crippen LogP contribution in [0.5, 0.6) is 0 Å². The lowest BCUT2D eigenvalue weighted by Crippen LogP contribution is -2.36. The summed E-state index contributed by atoms with van der Waals surface area (Å²) in [6.07, 6.45) is 0. The molecule has 7 nitrogen and oxygen atoms in total. The van der Waals surface area contributed by atoms with E-state index >= 15 is 0 Å². The quantitative estimate of drug-likeness (QED) is 0.899. The zero-order valence-electron chi connectivity index (χ0n) is 13.1. The van der Waals surface area contributed by atoms with Crippen LogP contribution in [0, 0.1) is 12.7 Å². The van der Waals surface area contributed by atoms with Gasteiger partial charge < -0.3 is 9.64 Å². The molecule has 0 aliphatic carbocycles. The number of ether oxygens (including phenoxy) is 1. The largest absolute Gasteiger partial charge is 0.378 e. The average molecular weight is 352 g/mol. The Morgan fingerprint density at radius 2 is 1.92 bits per heavy atom. The minimum Gasteiger partial charge on any atom is -0.378 e. The van der Waals surface area contributed by atoms with Crippen LogP contribution in [0.3, 0.4) is 0 Å². The van der Waals surface area contributed by atoms with Crippen LogP contribution in [0.15, 0.2) is 35.2 Å². The van der Waals surface area contributed by atoms with Gasteiger partial charge in [0, 0.05) is 13.1 Å². The molecule has 1 aromatic heterocycles. The number of anilines is 2. The first-order chi connectivity index (χ1) is 11.5. The second-order valence-corrected chi connectivity index (χ2v) is 7.08. The third-order valence-electron chi connectivity index (χ3n) is 3.66. The predicted molar refractivity (Wildman–Crippen MR) is 87.0 cm³/mol. The van der Waals surface area contributed by atoms with Crippen molar-refractivity contribution in [1.82, 2.24) is 10.2 Å². The number of rotatable bonds is 4. The fourth-order valence-electron chi connectivity index (χ4n) is 2.32. The van der Waals surface area contributed by atoms with Crippen LogP contribution in [0.25, 0.3) is 0 Å². The van der Waals surface area contributed by atoms with E-state index in [-0.39, 0.29) is 16.3 Å². The summed E-state index contributed by atoms with van der Waals surface area (Å²) in [5, 5.41) is 7.95. The molecule has 0 atom stereocenters. The molecule has 1 aromatic carbocycles. The van der Waals surface area contributed by atoms with Crippen molar-refractivity contribution in [1.29, 1.82) is 0 Å². The Hall–Kier alpha value is -2.26. The Bertz CT molecular complexity index is 821. The predicted octanol–water partition coefficient (Wildman–Crippen LogP) is 1.56. The van der Waals surface area contributed by atoms with Gasteiger partial charge in [-0.25, -0.2) is 12.8 Å². The summed E-state index contributed by atoms with van der Waals surface area (Å²) in [6, 6.07) is 6.85. The summed E-state index contributed by atoms with van der Waals surface area (Å²) in [5.41, 5.74) is 0.256. The van der Waals surface area contributed by atoms with Crippen LogP contribution in [-0.2, 0) is 14.8 Å². The number of sulfonamides is 1. The summed E-state index contributed by atoms with van der Waals surface area (Å²) < 4.78 is 45.5. The maximum absolute atomic E-state index is 13.3. The molecule has 0 radical (unpaired) electrons. The topological polar surface area (TPSA) is 84.4 Å². The molecule has 0 amide bonds. The lowest BCUT2D eigenvalue weighted by Gasteiger charge is -2.27. The molecular weight excluding hydrogens is 335 g/mol. The molecule has 1 N–H and O–H groups in total. The van der Waals surface area contributed by atoms with Gasteiger partial charge in [-0.2, -0.15) is 0 Å². The van der Waals surface area contributed by atoms with E-state index in [2.05, 4.69) is 14.9 Å². The Kier molecular flexibility index (Phi) is 4.63. The highest BCUT2D eigenvalue weighted by Gasteiger charge is 2.17. The molecule has 128 valence electrons. The highest BCUT2D eigenvalue weighted by atomic mass is 32.2. The summed E-state index contributed by atoms with van der Waals surface area (Å²) in [7, 11) is -3.84. The molecular formula is C15H17FN4O3S. The fourth-order valence-corrected chi connectivity index (χ4v) is 3.40. The maximum Gasteiger partial charge on any atom is 0.263 e. The van der Waals surface area contributed by atoms with E-state index in [0.29, 0.717) is 32.1 Å². The Balaban J connectivity index is 1.76. The zero-order chi connectivity index (χ0) is 17.2. The van der Waals surface area contributed by atoms with Gasteiger partial charge in [-0.1, -0.05) is 0 Å². The van der Waals surface area contributed by atoms with Gasteiger partial charge in [0.05, 0.1) is 18.1 Å². The van der Waals surface area contributed by atoms with Crippen molar-refractivity contribution < 1.29 is 17.5 Å².